The van der Waals surface area contributed by atoms with E-state index < -0.39 is 23.5 Å². The van der Waals surface area contributed by atoms with Gasteiger partial charge in [-0.2, -0.15) is 13.2 Å². The Kier molecular flexibility index (Phi) is 8.11. The monoisotopic (exact) mass is 518 g/mol. The number of likely N-dealkylation sites (tertiary alicyclic amines) is 1. The molecule has 0 aromatic heterocycles. The van der Waals surface area contributed by atoms with Crippen LogP contribution < -0.4 is 9.64 Å². The van der Waals surface area contributed by atoms with Gasteiger partial charge in [-0.3, -0.25) is 4.79 Å². The Labute approximate surface area is 215 Å². The first kappa shape index (κ1) is 27.0. The van der Waals surface area contributed by atoms with Crippen LogP contribution in [0.4, 0.5) is 18.9 Å². The zero-order valence-electron chi connectivity index (χ0n) is 21.1. The van der Waals surface area contributed by atoms with E-state index in [9.17, 15) is 27.9 Å². The number of amides is 1. The van der Waals surface area contributed by atoms with Crippen LogP contribution in [0.1, 0.15) is 61.4 Å². The Hall–Kier alpha value is -3.07. The molecule has 0 bridgehead atoms. The molecule has 0 unspecified atom stereocenters. The molecule has 6 nitrogen and oxygen atoms in total. The molecule has 2 aromatic carbocycles. The summed E-state index contributed by atoms with van der Waals surface area (Å²) in [6, 6.07) is 8.77. The van der Waals surface area contributed by atoms with Gasteiger partial charge < -0.3 is 19.6 Å². The van der Waals surface area contributed by atoms with Gasteiger partial charge in [-0.1, -0.05) is 19.1 Å². The summed E-state index contributed by atoms with van der Waals surface area (Å²) in [4.78, 5) is 30.0. The third kappa shape index (κ3) is 6.26. The lowest BCUT2D eigenvalue weighted by molar-refractivity contribution is -0.138. The summed E-state index contributed by atoms with van der Waals surface area (Å²) in [5.74, 6) is -1.41. The molecule has 1 heterocycles. The predicted molar refractivity (Wildman–Crippen MR) is 134 cm³/mol. The second kappa shape index (κ2) is 11.1. The van der Waals surface area contributed by atoms with Gasteiger partial charge in [0.15, 0.2) is 0 Å². The highest BCUT2D eigenvalue weighted by atomic mass is 19.4. The number of anilines is 1. The molecule has 1 saturated carbocycles. The van der Waals surface area contributed by atoms with Gasteiger partial charge in [0.2, 0.25) is 5.91 Å². The fourth-order valence-corrected chi connectivity index (χ4v) is 5.33. The Morgan fingerprint density at radius 1 is 1.00 bits per heavy atom. The summed E-state index contributed by atoms with van der Waals surface area (Å²) in [7, 11) is 2.01. The van der Waals surface area contributed by atoms with Crippen molar-refractivity contribution < 1.29 is 32.6 Å². The summed E-state index contributed by atoms with van der Waals surface area (Å²) in [5.41, 5.74) is -0.855. The SMILES string of the molecule is CC1CCC(C(=O)N(c2ccc(Oc3ccccc3C(F)(F)F)cc2C(=O)O)C2CCN(C)CC2)CC1. The Bertz CT molecular complexity index is 1120. The molecular weight excluding hydrogens is 485 g/mol. The fourth-order valence-electron chi connectivity index (χ4n) is 5.33. The average Bonchev–Trinajstić information content (AvgIpc) is 2.86. The minimum Gasteiger partial charge on any atom is -0.478 e. The maximum Gasteiger partial charge on any atom is 0.419 e. The number of rotatable bonds is 6. The van der Waals surface area contributed by atoms with E-state index in [0.717, 1.165) is 44.8 Å². The lowest BCUT2D eigenvalue weighted by atomic mass is 9.81. The molecule has 37 heavy (non-hydrogen) atoms. The van der Waals surface area contributed by atoms with E-state index in [2.05, 4.69) is 11.8 Å². The van der Waals surface area contributed by atoms with Crippen LogP contribution in [0.5, 0.6) is 11.5 Å². The number of carboxylic acids is 1. The Balaban J connectivity index is 1.70. The van der Waals surface area contributed by atoms with Crippen molar-refractivity contribution in [1.29, 1.82) is 0 Å². The number of benzene rings is 2. The molecule has 1 saturated heterocycles. The zero-order chi connectivity index (χ0) is 26.7. The topological polar surface area (TPSA) is 70.1 Å². The molecular formula is C28H33F3N2O4. The van der Waals surface area contributed by atoms with Gasteiger partial charge in [-0.05, 0) is 94.9 Å². The van der Waals surface area contributed by atoms with E-state index in [-0.39, 0.29) is 34.9 Å². The van der Waals surface area contributed by atoms with Crippen LogP contribution in [0.25, 0.3) is 0 Å². The maximum atomic E-state index is 13.9. The van der Waals surface area contributed by atoms with E-state index >= 15 is 0 Å². The number of halogens is 3. The fraction of sp³-hybridized carbons (Fsp3) is 0.500. The van der Waals surface area contributed by atoms with Crippen LogP contribution in [0.2, 0.25) is 0 Å². The second-order valence-corrected chi connectivity index (χ2v) is 10.3. The third-order valence-corrected chi connectivity index (χ3v) is 7.53. The molecule has 2 fully saturated rings. The minimum atomic E-state index is -4.62. The lowest BCUT2D eigenvalue weighted by Gasteiger charge is -2.40. The number of hydrogen-bond donors (Lipinski definition) is 1. The summed E-state index contributed by atoms with van der Waals surface area (Å²) < 4.78 is 45.8. The van der Waals surface area contributed by atoms with E-state index in [4.69, 9.17) is 4.74 Å². The summed E-state index contributed by atoms with van der Waals surface area (Å²) in [6.45, 7) is 3.75. The van der Waals surface area contributed by atoms with Gasteiger partial charge in [-0.25, -0.2) is 4.79 Å². The average molecular weight is 519 g/mol. The standard InChI is InChI=1S/C28H33F3N2O4/c1-18-7-9-19(10-8-18)26(34)33(20-13-15-32(2)16-14-20)24-12-11-21(17-22(24)27(35)36)37-25-6-4-3-5-23(25)28(29,30)31/h3-6,11-12,17-20H,7-10,13-16H2,1-2H3,(H,35,36). The molecule has 0 radical (unpaired) electrons. The summed E-state index contributed by atoms with van der Waals surface area (Å²) >= 11 is 0. The van der Waals surface area contributed by atoms with Crippen molar-refractivity contribution >= 4 is 17.6 Å². The lowest BCUT2D eigenvalue weighted by Crippen LogP contribution is -2.49. The Morgan fingerprint density at radius 2 is 1.65 bits per heavy atom. The highest BCUT2D eigenvalue weighted by Crippen LogP contribution is 2.40. The number of carboxylic acid groups (broad SMARTS) is 1. The van der Waals surface area contributed by atoms with Crippen molar-refractivity contribution in [3.63, 3.8) is 0 Å². The predicted octanol–water partition coefficient (Wildman–Crippen LogP) is 6.45. The van der Waals surface area contributed by atoms with E-state index in [1.807, 2.05) is 7.05 Å². The van der Waals surface area contributed by atoms with Gasteiger partial charge >= 0.3 is 12.1 Å². The quantitative estimate of drug-likeness (QED) is 0.476. The number of alkyl halides is 3. The molecule has 2 aromatic rings. The molecule has 0 atom stereocenters. The highest BCUT2D eigenvalue weighted by molar-refractivity contribution is 6.03. The van der Waals surface area contributed by atoms with Gasteiger partial charge in [0, 0.05) is 12.0 Å². The van der Waals surface area contributed by atoms with Crippen LogP contribution in [0, 0.1) is 11.8 Å². The first-order valence-electron chi connectivity index (χ1n) is 12.8. The third-order valence-electron chi connectivity index (χ3n) is 7.53. The van der Waals surface area contributed by atoms with Gasteiger partial charge in [-0.15, -0.1) is 0 Å². The first-order valence-corrected chi connectivity index (χ1v) is 12.8. The molecule has 2 aliphatic rings. The molecule has 1 amide bonds. The molecule has 1 aliphatic heterocycles. The van der Waals surface area contributed by atoms with E-state index in [1.54, 1.807) is 4.90 Å². The van der Waals surface area contributed by atoms with Crippen LogP contribution in [-0.2, 0) is 11.0 Å². The molecule has 9 heteroatoms. The Morgan fingerprint density at radius 3 is 2.27 bits per heavy atom. The van der Waals surface area contributed by atoms with Crippen molar-refractivity contribution in [3.05, 3.63) is 53.6 Å². The van der Waals surface area contributed by atoms with Crippen molar-refractivity contribution in [3.8, 4) is 11.5 Å². The summed E-state index contributed by atoms with van der Waals surface area (Å²) in [5, 5.41) is 10.1. The number of carbonyl (C=O) groups excluding carboxylic acids is 1. The van der Waals surface area contributed by atoms with Gasteiger partial charge in [0.05, 0.1) is 16.8 Å². The maximum absolute atomic E-state index is 13.9. The number of hydrogen-bond acceptors (Lipinski definition) is 4. The van der Waals surface area contributed by atoms with Crippen molar-refractivity contribution in [2.24, 2.45) is 11.8 Å². The summed E-state index contributed by atoms with van der Waals surface area (Å²) in [6.07, 6.45) is 0.232. The normalized spacial score (nSPS) is 21.4. The number of aromatic carboxylic acids is 1. The van der Waals surface area contributed by atoms with Crippen LogP contribution in [-0.4, -0.2) is 48.1 Å². The van der Waals surface area contributed by atoms with E-state index in [0.29, 0.717) is 18.8 Å². The number of carbonyl (C=O) groups is 2. The van der Waals surface area contributed by atoms with Crippen molar-refractivity contribution in [2.75, 3.05) is 25.0 Å². The van der Waals surface area contributed by atoms with Crippen LogP contribution >= 0.6 is 0 Å². The smallest absolute Gasteiger partial charge is 0.419 e. The van der Waals surface area contributed by atoms with Crippen molar-refractivity contribution in [1.82, 2.24) is 4.90 Å². The number of piperidine rings is 1. The molecule has 0 spiro atoms. The van der Waals surface area contributed by atoms with Gasteiger partial charge in [0.1, 0.15) is 11.5 Å². The number of nitrogens with zero attached hydrogens (tertiary/aromatic N) is 2. The van der Waals surface area contributed by atoms with E-state index in [1.165, 1.54) is 36.4 Å². The van der Waals surface area contributed by atoms with Crippen LogP contribution in [0.3, 0.4) is 0 Å². The molecule has 200 valence electrons. The highest BCUT2D eigenvalue weighted by Gasteiger charge is 2.37. The minimum absolute atomic E-state index is 0.0416. The zero-order valence-corrected chi connectivity index (χ0v) is 21.1. The molecule has 1 aliphatic carbocycles. The molecule has 1 N–H and O–H groups in total. The molecule has 4 rings (SSSR count). The second-order valence-electron chi connectivity index (χ2n) is 10.3. The van der Waals surface area contributed by atoms with Crippen LogP contribution in [0.15, 0.2) is 42.5 Å². The van der Waals surface area contributed by atoms with Crippen molar-refractivity contribution in [2.45, 2.75) is 57.7 Å². The number of ether oxygens (including phenoxy) is 1. The number of para-hydroxylation sites is 1. The first-order chi connectivity index (χ1) is 17.5. The van der Waals surface area contributed by atoms with Gasteiger partial charge in [0.25, 0.3) is 0 Å². The largest absolute Gasteiger partial charge is 0.478 e.